The Labute approximate surface area is 75.9 Å². The van der Waals surface area contributed by atoms with Crippen LogP contribution < -0.4 is 5.73 Å². The van der Waals surface area contributed by atoms with Crippen LogP contribution in [0, 0.1) is 12.3 Å². The standard InChI is InChI=1S/C8H11NO4/c1-2-5-13-7(10)4-3-6(9)8(11)12/h1,6H,3-5,9H2,(H,11,12). The molecular formula is C8H11NO4. The summed E-state index contributed by atoms with van der Waals surface area (Å²) < 4.78 is 4.50. The van der Waals surface area contributed by atoms with E-state index in [1.54, 1.807) is 0 Å². The molecule has 5 nitrogen and oxygen atoms in total. The van der Waals surface area contributed by atoms with Crippen LogP contribution in [0.1, 0.15) is 12.8 Å². The largest absolute Gasteiger partial charge is 0.480 e. The summed E-state index contributed by atoms with van der Waals surface area (Å²) in [5.74, 6) is 0.451. The Kier molecular flexibility index (Phi) is 5.32. The molecule has 5 heteroatoms. The summed E-state index contributed by atoms with van der Waals surface area (Å²) in [5.41, 5.74) is 5.15. The van der Waals surface area contributed by atoms with Crippen LogP contribution in [0.3, 0.4) is 0 Å². The third-order valence-electron chi connectivity index (χ3n) is 1.29. The van der Waals surface area contributed by atoms with Gasteiger partial charge in [-0.05, 0) is 6.42 Å². The number of carbonyl (C=O) groups excluding carboxylic acids is 1. The molecule has 1 unspecified atom stereocenters. The van der Waals surface area contributed by atoms with Crippen molar-refractivity contribution in [3.05, 3.63) is 0 Å². The minimum atomic E-state index is -1.13. The summed E-state index contributed by atoms with van der Waals surface area (Å²) in [4.78, 5) is 21.0. The third-order valence-corrected chi connectivity index (χ3v) is 1.29. The van der Waals surface area contributed by atoms with Crippen LogP contribution in [-0.4, -0.2) is 29.7 Å². The molecule has 0 radical (unpaired) electrons. The fourth-order valence-electron chi connectivity index (χ4n) is 0.591. The van der Waals surface area contributed by atoms with E-state index in [0.29, 0.717) is 0 Å². The van der Waals surface area contributed by atoms with E-state index in [1.165, 1.54) is 0 Å². The van der Waals surface area contributed by atoms with Crippen LogP contribution in [0.15, 0.2) is 0 Å². The summed E-state index contributed by atoms with van der Waals surface area (Å²) in [5, 5.41) is 8.36. The lowest BCUT2D eigenvalue weighted by molar-refractivity contribution is -0.143. The van der Waals surface area contributed by atoms with Gasteiger partial charge in [-0.3, -0.25) is 9.59 Å². The minimum Gasteiger partial charge on any atom is -0.480 e. The van der Waals surface area contributed by atoms with Gasteiger partial charge in [0.25, 0.3) is 0 Å². The van der Waals surface area contributed by atoms with Crippen molar-refractivity contribution in [1.82, 2.24) is 0 Å². The first kappa shape index (κ1) is 11.5. The molecule has 0 aromatic heterocycles. The Morgan fingerprint density at radius 2 is 2.23 bits per heavy atom. The first-order valence-corrected chi connectivity index (χ1v) is 3.65. The summed E-state index contributed by atoms with van der Waals surface area (Å²) in [6, 6.07) is -1.03. The van der Waals surface area contributed by atoms with Crippen molar-refractivity contribution in [1.29, 1.82) is 0 Å². The molecule has 0 aliphatic heterocycles. The number of aliphatic carboxylic acids is 1. The van der Waals surface area contributed by atoms with E-state index in [4.69, 9.17) is 17.3 Å². The van der Waals surface area contributed by atoms with Crippen molar-refractivity contribution in [2.24, 2.45) is 5.73 Å². The number of esters is 1. The maximum Gasteiger partial charge on any atom is 0.320 e. The van der Waals surface area contributed by atoms with Crippen LogP contribution in [0.4, 0.5) is 0 Å². The maximum atomic E-state index is 10.8. The summed E-state index contributed by atoms with van der Waals surface area (Å²) in [6.45, 7) is -0.0961. The maximum absolute atomic E-state index is 10.8. The predicted octanol–water partition coefficient (Wildman–Crippen LogP) is -0.645. The molecule has 0 aliphatic carbocycles. The average Bonchev–Trinajstić information content (AvgIpc) is 2.10. The highest BCUT2D eigenvalue weighted by atomic mass is 16.5. The normalized spacial score (nSPS) is 11.4. The van der Waals surface area contributed by atoms with Gasteiger partial charge in [-0.2, -0.15) is 0 Å². The Hall–Kier alpha value is -1.54. The third kappa shape index (κ3) is 5.70. The van der Waals surface area contributed by atoms with E-state index in [9.17, 15) is 9.59 Å². The predicted molar refractivity (Wildman–Crippen MR) is 44.6 cm³/mol. The molecule has 0 fully saturated rings. The molecular weight excluding hydrogens is 174 g/mol. The van der Waals surface area contributed by atoms with E-state index in [1.807, 2.05) is 0 Å². The number of hydrogen-bond donors (Lipinski definition) is 2. The molecule has 3 N–H and O–H groups in total. The molecule has 0 aromatic rings. The monoisotopic (exact) mass is 185 g/mol. The number of carboxylic acid groups (broad SMARTS) is 1. The van der Waals surface area contributed by atoms with Crippen molar-refractivity contribution >= 4 is 11.9 Å². The molecule has 0 heterocycles. The van der Waals surface area contributed by atoms with E-state index in [0.717, 1.165) is 0 Å². The average molecular weight is 185 g/mol. The van der Waals surface area contributed by atoms with Gasteiger partial charge in [0.2, 0.25) is 0 Å². The minimum absolute atomic E-state index is 0.0326. The highest BCUT2D eigenvalue weighted by Crippen LogP contribution is 1.96. The van der Waals surface area contributed by atoms with Gasteiger partial charge in [-0.1, -0.05) is 5.92 Å². The Morgan fingerprint density at radius 1 is 1.62 bits per heavy atom. The SMILES string of the molecule is C#CCOC(=O)CCC(N)C(=O)O. The lowest BCUT2D eigenvalue weighted by Crippen LogP contribution is -2.30. The summed E-state index contributed by atoms with van der Waals surface area (Å²) >= 11 is 0. The Bertz CT molecular complexity index is 231. The zero-order chi connectivity index (χ0) is 10.3. The smallest absolute Gasteiger partial charge is 0.320 e. The van der Waals surface area contributed by atoms with Crippen molar-refractivity contribution in [2.75, 3.05) is 6.61 Å². The molecule has 13 heavy (non-hydrogen) atoms. The van der Waals surface area contributed by atoms with Gasteiger partial charge in [0.15, 0.2) is 6.61 Å². The Balaban J connectivity index is 3.59. The fraction of sp³-hybridized carbons (Fsp3) is 0.500. The summed E-state index contributed by atoms with van der Waals surface area (Å²) in [7, 11) is 0. The van der Waals surface area contributed by atoms with Crippen LogP contribution >= 0.6 is 0 Å². The number of carbonyl (C=O) groups is 2. The number of hydrogen-bond acceptors (Lipinski definition) is 4. The number of terminal acetylenes is 1. The lowest BCUT2D eigenvalue weighted by Gasteiger charge is -2.04. The molecule has 1 atom stereocenters. The second kappa shape index (κ2) is 6.03. The lowest BCUT2D eigenvalue weighted by atomic mass is 10.2. The van der Waals surface area contributed by atoms with Gasteiger partial charge < -0.3 is 15.6 Å². The second-order valence-electron chi connectivity index (χ2n) is 2.35. The topological polar surface area (TPSA) is 89.6 Å². The van der Waals surface area contributed by atoms with Crippen molar-refractivity contribution in [3.63, 3.8) is 0 Å². The fourth-order valence-corrected chi connectivity index (χ4v) is 0.591. The molecule has 0 amide bonds. The number of ether oxygens (including phenoxy) is 1. The van der Waals surface area contributed by atoms with Gasteiger partial charge >= 0.3 is 11.9 Å². The second-order valence-corrected chi connectivity index (χ2v) is 2.35. The number of carboxylic acids is 1. The van der Waals surface area contributed by atoms with Gasteiger partial charge in [-0.25, -0.2) is 0 Å². The van der Waals surface area contributed by atoms with Crippen molar-refractivity contribution < 1.29 is 19.4 Å². The first-order chi connectivity index (χ1) is 6.07. The zero-order valence-corrected chi connectivity index (χ0v) is 7.03. The molecule has 0 spiro atoms. The number of rotatable bonds is 5. The first-order valence-electron chi connectivity index (χ1n) is 3.65. The molecule has 0 saturated heterocycles. The van der Waals surface area contributed by atoms with Crippen molar-refractivity contribution in [3.8, 4) is 12.3 Å². The van der Waals surface area contributed by atoms with E-state index >= 15 is 0 Å². The van der Waals surface area contributed by atoms with Crippen LogP contribution in [0.5, 0.6) is 0 Å². The highest BCUT2D eigenvalue weighted by molar-refractivity contribution is 5.75. The van der Waals surface area contributed by atoms with Gasteiger partial charge in [0.05, 0.1) is 0 Å². The van der Waals surface area contributed by atoms with E-state index in [-0.39, 0.29) is 19.4 Å². The highest BCUT2D eigenvalue weighted by Gasteiger charge is 2.13. The molecule has 0 aromatic carbocycles. The zero-order valence-electron chi connectivity index (χ0n) is 7.03. The van der Waals surface area contributed by atoms with Crippen LogP contribution in [0.2, 0.25) is 0 Å². The van der Waals surface area contributed by atoms with E-state index in [2.05, 4.69) is 10.7 Å². The number of nitrogens with two attached hydrogens (primary N) is 1. The quantitative estimate of drug-likeness (QED) is 0.439. The Morgan fingerprint density at radius 3 is 2.69 bits per heavy atom. The summed E-state index contributed by atoms with van der Waals surface area (Å²) in [6.07, 6.45) is 4.86. The van der Waals surface area contributed by atoms with Crippen molar-refractivity contribution in [2.45, 2.75) is 18.9 Å². The molecule has 0 bridgehead atoms. The van der Waals surface area contributed by atoms with Gasteiger partial charge in [0, 0.05) is 6.42 Å². The van der Waals surface area contributed by atoms with E-state index < -0.39 is 18.0 Å². The van der Waals surface area contributed by atoms with Crippen LogP contribution in [-0.2, 0) is 14.3 Å². The molecule has 0 aliphatic rings. The molecule has 72 valence electrons. The van der Waals surface area contributed by atoms with Gasteiger partial charge in [-0.15, -0.1) is 6.42 Å². The molecule has 0 saturated carbocycles. The van der Waals surface area contributed by atoms with Gasteiger partial charge in [0.1, 0.15) is 6.04 Å². The van der Waals surface area contributed by atoms with Crippen LogP contribution in [0.25, 0.3) is 0 Å². The molecule has 0 rings (SSSR count).